The van der Waals surface area contributed by atoms with Crippen molar-refractivity contribution in [2.24, 2.45) is 5.41 Å². The molecule has 0 bridgehead atoms. The Kier molecular flexibility index (Phi) is 3.97. The van der Waals surface area contributed by atoms with Crippen LogP contribution in [0.25, 0.3) is 0 Å². The highest BCUT2D eigenvalue weighted by atomic mass is 16.7. The van der Waals surface area contributed by atoms with Gasteiger partial charge in [0, 0.05) is 11.6 Å². The van der Waals surface area contributed by atoms with Crippen molar-refractivity contribution in [2.45, 2.75) is 33.0 Å². The third-order valence-corrected chi connectivity index (χ3v) is 3.39. The van der Waals surface area contributed by atoms with Crippen molar-refractivity contribution < 1.29 is 23.8 Å². The number of allylic oxidation sites excluding steroid dienone is 1. The van der Waals surface area contributed by atoms with E-state index in [0.717, 1.165) is 12.8 Å². The van der Waals surface area contributed by atoms with Crippen LogP contribution in [0.5, 0.6) is 0 Å². The highest BCUT2D eigenvalue weighted by molar-refractivity contribution is 5.91. The summed E-state index contributed by atoms with van der Waals surface area (Å²) >= 11 is 0. The fourth-order valence-electron chi connectivity index (χ4n) is 1.64. The van der Waals surface area contributed by atoms with Gasteiger partial charge in [0.25, 0.3) is 6.29 Å². The first-order valence-corrected chi connectivity index (χ1v) is 6.46. The van der Waals surface area contributed by atoms with Gasteiger partial charge in [-0.1, -0.05) is 13.0 Å². The molecule has 0 N–H and O–H groups in total. The number of carbonyl (C=O) groups is 2. The van der Waals surface area contributed by atoms with Crippen molar-refractivity contribution in [3.8, 4) is 0 Å². The maximum atomic E-state index is 11.6. The molecule has 1 aliphatic heterocycles. The van der Waals surface area contributed by atoms with Crippen LogP contribution < -0.4 is 0 Å². The fraction of sp³-hybridized carbons (Fsp3) is 0.467. The molecule has 0 saturated heterocycles. The predicted molar refractivity (Wildman–Crippen MR) is 71.3 cm³/mol. The Morgan fingerprint density at radius 2 is 2.20 bits per heavy atom. The van der Waals surface area contributed by atoms with E-state index in [-0.39, 0.29) is 11.0 Å². The minimum Gasteiger partial charge on any atom is -0.465 e. The van der Waals surface area contributed by atoms with Crippen molar-refractivity contribution in [3.63, 3.8) is 0 Å². The Morgan fingerprint density at radius 3 is 2.70 bits per heavy atom. The largest absolute Gasteiger partial charge is 0.465 e. The molecule has 2 rings (SSSR count). The van der Waals surface area contributed by atoms with Crippen molar-refractivity contribution in [3.05, 3.63) is 35.6 Å². The van der Waals surface area contributed by atoms with E-state index in [9.17, 15) is 9.59 Å². The van der Waals surface area contributed by atoms with E-state index in [1.165, 1.54) is 13.4 Å². The second kappa shape index (κ2) is 5.53. The SMILES string of the molecule is COC(=O)C(/C=C/C1(C)CC1)=C/OC1C=C(C)C(=O)O1. The van der Waals surface area contributed by atoms with Gasteiger partial charge in [0.1, 0.15) is 6.26 Å². The summed E-state index contributed by atoms with van der Waals surface area (Å²) in [6.07, 6.45) is 7.92. The number of esters is 2. The Balaban J connectivity index is 2.03. The summed E-state index contributed by atoms with van der Waals surface area (Å²) in [6, 6.07) is 0. The van der Waals surface area contributed by atoms with Gasteiger partial charge in [-0.2, -0.15) is 0 Å². The van der Waals surface area contributed by atoms with Crippen molar-refractivity contribution in [1.82, 2.24) is 0 Å². The minimum atomic E-state index is -0.785. The molecule has 5 heteroatoms. The van der Waals surface area contributed by atoms with Crippen molar-refractivity contribution >= 4 is 11.9 Å². The molecule has 1 aliphatic carbocycles. The lowest BCUT2D eigenvalue weighted by Crippen LogP contribution is -2.11. The summed E-state index contributed by atoms with van der Waals surface area (Å²) in [7, 11) is 1.31. The van der Waals surface area contributed by atoms with E-state index < -0.39 is 18.2 Å². The lowest BCUT2D eigenvalue weighted by molar-refractivity contribution is -0.152. The normalized spacial score (nSPS) is 24.4. The smallest absolute Gasteiger partial charge is 0.340 e. The molecule has 0 radical (unpaired) electrons. The van der Waals surface area contributed by atoms with Gasteiger partial charge in [-0.25, -0.2) is 9.59 Å². The Morgan fingerprint density at radius 1 is 1.50 bits per heavy atom. The molecular formula is C15H18O5. The van der Waals surface area contributed by atoms with E-state index in [0.29, 0.717) is 5.57 Å². The van der Waals surface area contributed by atoms with E-state index in [4.69, 9.17) is 14.2 Å². The molecule has 5 nitrogen and oxygen atoms in total. The molecule has 1 atom stereocenters. The molecule has 0 aromatic rings. The first-order chi connectivity index (χ1) is 9.43. The predicted octanol–water partition coefficient (Wildman–Crippen LogP) is 2.25. The molecule has 0 amide bonds. The van der Waals surface area contributed by atoms with Gasteiger partial charge in [-0.15, -0.1) is 0 Å². The second-order valence-electron chi connectivity index (χ2n) is 5.31. The quantitative estimate of drug-likeness (QED) is 0.334. The number of rotatable bonds is 5. The number of carbonyl (C=O) groups excluding carboxylic acids is 2. The Labute approximate surface area is 117 Å². The third-order valence-electron chi connectivity index (χ3n) is 3.39. The zero-order chi connectivity index (χ0) is 14.8. The van der Waals surface area contributed by atoms with Crippen LogP contribution in [0.4, 0.5) is 0 Å². The van der Waals surface area contributed by atoms with Gasteiger partial charge in [-0.05, 0) is 31.3 Å². The van der Waals surface area contributed by atoms with Gasteiger partial charge in [0.2, 0.25) is 0 Å². The summed E-state index contributed by atoms with van der Waals surface area (Å²) < 4.78 is 14.9. The minimum absolute atomic E-state index is 0.170. The standard InChI is InChI=1S/C15H18O5/c1-10-8-12(20-13(10)16)19-9-11(14(17)18-3)4-5-15(2)6-7-15/h4-5,8-9,12H,6-7H2,1-3H3/b5-4+,11-9+. The van der Waals surface area contributed by atoms with Crippen LogP contribution in [0, 0.1) is 5.41 Å². The highest BCUT2D eigenvalue weighted by Crippen LogP contribution is 2.46. The van der Waals surface area contributed by atoms with Gasteiger partial charge >= 0.3 is 11.9 Å². The molecule has 1 heterocycles. The molecule has 0 spiro atoms. The van der Waals surface area contributed by atoms with E-state index in [1.54, 1.807) is 19.1 Å². The van der Waals surface area contributed by atoms with E-state index >= 15 is 0 Å². The zero-order valence-corrected chi connectivity index (χ0v) is 11.8. The molecular weight excluding hydrogens is 260 g/mol. The van der Waals surface area contributed by atoms with Gasteiger partial charge < -0.3 is 14.2 Å². The average molecular weight is 278 g/mol. The van der Waals surface area contributed by atoms with Crippen LogP contribution >= 0.6 is 0 Å². The Hall–Kier alpha value is -2.04. The Bertz CT molecular complexity index is 508. The van der Waals surface area contributed by atoms with E-state index in [2.05, 4.69) is 6.92 Å². The summed E-state index contributed by atoms with van der Waals surface area (Å²) in [5, 5.41) is 0. The monoisotopic (exact) mass is 278 g/mol. The highest BCUT2D eigenvalue weighted by Gasteiger charge is 2.34. The molecule has 0 aromatic heterocycles. The summed E-state index contributed by atoms with van der Waals surface area (Å²) in [6.45, 7) is 3.76. The second-order valence-corrected chi connectivity index (χ2v) is 5.31. The molecule has 108 valence electrons. The van der Waals surface area contributed by atoms with Gasteiger partial charge in [0.15, 0.2) is 0 Å². The number of hydrogen-bond acceptors (Lipinski definition) is 5. The van der Waals surface area contributed by atoms with Crippen LogP contribution in [0.1, 0.15) is 26.7 Å². The zero-order valence-electron chi connectivity index (χ0n) is 11.8. The molecule has 2 aliphatic rings. The van der Waals surface area contributed by atoms with Crippen LogP contribution in [-0.4, -0.2) is 25.3 Å². The number of hydrogen-bond donors (Lipinski definition) is 0. The molecule has 20 heavy (non-hydrogen) atoms. The molecule has 1 unspecified atom stereocenters. The van der Waals surface area contributed by atoms with E-state index in [1.807, 2.05) is 6.08 Å². The lowest BCUT2D eigenvalue weighted by Gasteiger charge is -2.08. The maximum absolute atomic E-state index is 11.6. The third kappa shape index (κ3) is 3.50. The van der Waals surface area contributed by atoms with Crippen molar-refractivity contribution in [2.75, 3.05) is 7.11 Å². The van der Waals surface area contributed by atoms with Crippen LogP contribution in [-0.2, 0) is 23.8 Å². The van der Waals surface area contributed by atoms with Crippen molar-refractivity contribution in [1.29, 1.82) is 0 Å². The van der Waals surface area contributed by atoms with Gasteiger partial charge in [0.05, 0.1) is 12.7 Å². The first kappa shape index (κ1) is 14.4. The summed E-state index contributed by atoms with van der Waals surface area (Å²) in [5.41, 5.74) is 0.947. The average Bonchev–Trinajstić information content (AvgIpc) is 3.06. The lowest BCUT2D eigenvalue weighted by atomic mass is 10.1. The van der Waals surface area contributed by atoms with Crippen LogP contribution in [0.2, 0.25) is 0 Å². The summed E-state index contributed by atoms with van der Waals surface area (Å²) in [5.74, 6) is -0.903. The number of methoxy groups -OCH3 is 1. The summed E-state index contributed by atoms with van der Waals surface area (Å²) in [4.78, 5) is 22.8. The van der Waals surface area contributed by atoms with Crippen LogP contribution in [0.3, 0.4) is 0 Å². The first-order valence-electron chi connectivity index (χ1n) is 6.46. The fourth-order valence-corrected chi connectivity index (χ4v) is 1.64. The molecule has 0 aromatic carbocycles. The number of ether oxygens (including phenoxy) is 3. The molecule has 1 saturated carbocycles. The maximum Gasteiger partial charge on any atom is 0.340 e. The molecule has 1 fully saturated rings. The van der Waals surface area contributed by atoms with Gasteiger partial charge in [-0.3, -0.25) is 0 Å². The van der Waals surface area contributed by atoms with Crippen LogP contribution in [0.15, 0.2) is 35.6 Å². The topological polar surface area (TPSA) is 61.8 Å². The number of cyclic esters (lactones) is 1.